The van der Waals surface area contributed by atoms with Crippen LogP contribution in [-0.4, -0.2) is 15.2 Å². The lowest BCUT2D eigenvalue weighted by atomic mass is 10.0. The molecule has 1 aromatic heterocycles. The summed E-state index contributed by atoms with van der Waals surface area (Å²) in [5.74, 6) is 0. The van der Waals surface area contributed by atoms with Gasteiger partial charge in [-0.1, -0.05) is 30.3 Å². The fourth-order valence-electron chi connectivity index (χ4n) is 1.69. The van der Waals surface area contributed by atoms with Crippen LogP contribution in [0.5, 0.6) is 0 Å². The second-order valence-electron chi connectivity index (χ2n) is 3.70. The van der Waals surface area contributed by atoms with Gasteiger partial charge in [0.2, 0.25) is 0 Å². The van der Waals surface area contributed by atoms with Crippen molar-refractivity contribution in [2.24, 2.45) is 0 Å². The predicted molar refractivity (Wildman–Crippen MR) is 68.4 cm³/mol. The third-order valence-electron chi connectivity index (χ3n) is 2.48. The van der Waals surface area contributed by atoms with E-state index in [9.17, 15) is 10.2 Å². The smallest absolute Gasteiger partial charge is 0.178 e. The Morgan fingerprint density at radius 3 is 2.53 bits per heavy atom. The van der Waals surface area contributed by atoms with E-state index in [2.05, 4.69) is 20.9 Å². The molecule has 0 aliphatic rings. The second-order valence-corrected chi connectivity index (χ2v) is 4.51. The first-order valence-electron chi connectivity index (χ1n) is 5.22. The SMILES string of the molecule is OC(O)c1ccccc1Cc1cccc(Br)n1. The molecule has 0 atom stereocenters. The molecule has 0 spiro atoms. The zero-order valence-electron chi connectivity index (χ0n) is 9.05. The standard InChI is InChI=1S/C13H12BrNO2/c14-12-7-3-5-10(15-12)8-9-4-1-2-6-11(9)13(16)17/h1-7,13,16-17H,8H2. The lowest BCUT2D eigenvalue weighted by molar-refractivity contribution is -0.0430. The van der Waals surface area contributed by atoms with Gasteiger partial charge in [0.25, 0.3) is 0 Å². The maximum absolute atomic E-state index is 9.26. The molecule has 1 heterocycles. The van der Waals surface area contributed by atoms with E-state index in [4.69, 9.17) is 0 Å². The molecular formula is C13H12BrNO2. The topological polar surface area (TPSA) is 53.4 Å². The molecule has 0 unspecified atom stereocenters. The number of halogens is 1. The van der Waals surface area contributed by atoms with Crippen molar-refractivity contribution in [3.05, 3.63) is 63.9 Å². The summed E-state index contributed by atoms with van der Waals surface area (Å²) in [4.78, 5) is 4.32. The lowest BCUT2D eigenvalue weighted by Gasteiger charge is -2.10. The normalized spacial score (nSPS) is 10.8. The highest BCUT2D eigenvalue weighted by Crippen LogP contribution is 2.19. The van der Waals surface area contributed by atoms with Crippen molar-refractivity contribution < 1.29 is 10.2 Å². The minimum atomic E-state index is -1.45. The zero-order chi connectivity index (χ0) is 12.3. The van der Waals surface area contributed by atoms with E-state index in [1.807, 2.05) is 30.3 Å². The van der Waals surface area contributed by atoms with Crippen LogP contribution in [0.1, 0.15) is 23.1 Å². The van der Waals surface area contributed by atoms with E-state index in [0.717, 1.165) is 15.9 Å². The van der Waals surface area contributed by atoms with Crippen molar-refractivity contribution in [3.63, 3.8) is 0 Å². The van der Waals surface area contributed by atoms with E-state index >= 15 is 0 Å². The van der Waals surface area contributed by atoms with Crippen LogP contribution < -0.4 is 0 Å². The van der Waals surface area contributed by atoms with Crippen LogP contribution in [0.3, 0.4) is 0 Å². The number of pyridine rings is 1. The molecule has 17 heavy (non-hydrogen) atoms. The fraction of sp³-hybridized carbons (Fsp3) is 0.154. The Hall–Kier alpha value is -1.23. The Morgan fingerprint density at radius 1 is 1.06 bits per heavy atom. The monoisotopic (exact) mass is 293 g/mol. The van der Waals surface area contributed by atoms with E-state index in [-0.39, 0.29) is 0 Å². The van der Waals surface area contributed by atoms with Crippen LogP contribution in [0.15, 0.2) is 47.1 Å². The molecule has 0 radical (unpaired) electrons. The van der Waals surface area contributed by atoms with Gasteiger partial charge >= 0.3 is 0 Å². The summed E-state index contributed by atoms with van der Waals surface area (Å²) in [6.45, 7) is 0. The minimum Gasteiger partial charge on any atom is -0.364 e. The molecule has 88 valence electrons. The first-order chi connectivity index (χ1) is 8.16. The van der Waals surface area contributed by atoms with Crippen LogP contribution in [0.4, 0.5) is 0 Å². The summed E-state index contributed by atoms with van der Waals surface area (Å²) >= 11 is 3.31. The van der Waals surface area contributed by atoms with Crippen molar-refractivity contribution in [1.29, 1.82) is 0 Å². The Morgan fingerprint density at radius 2 is 1.82 bits per heavy atom. The zero-order valence-corrected chi connectivity index (χ0v) is 10.6. The average molecular weight is 294 g/mol. The number of aliphatic hydroxyl groups excluding tert-OH is 1. The molecule has 2 aromatic rings. The molecular weight excluding hydrogens is 282 g/mol. The number of aromatic nitrogens is 1. The van der Waals surface area contributed by atoms with E-state index in [1.54, 1.807) is 12.1 Å². The molecule has 2 rings (SSSR count). The summed E-state index contributed by atoms with van der Waals surface area (Å²) < 4.78 is 0.775. The van der Waals surface area contributed by atoms with Gasteiger partial charge in [-0.25, -0.2) is 4.98 Å². The van der Waals surface area contributed by atoms with Crippen LogP contribution in [-0.2, 0) is 6.42 Å². The van der Waals surface area contributed by atoms with Gasteiger partial charge in [-0.15, -0.1) is 0 Å². The van der Waals surface area contributed by atoms with E-state index in [0.29, 0.717) is 12.0 Å². The number of aliphatic hydroxyl groups is 2. The van der Waals surface area contributed by atoms with Crippen molar-refractivity contribution in [3.8, 4) is 0 Å². The van der Waals surface area contributed by atoms with Gasteiger partial charge in [-0.2, -0.15) is 0 Å². The molecule has 0 aliphatic carbocycles. The Bertz CT molecular complexity index is 514. The fourth-order valence-corrected chi connectivity index (χ4v) is 2.07. The van der Waals surface area contributed by atoms with E-state index in [1.165, 1.54) is 0 Å². The van der Waals surface area contributed by atoms with Crippen LogP contribution >= 0.6 is 15.9 Å². The first kappa shape index (κ1) is 12.2. The van der Waals surface area contributed by atoms with Gasteiger partial charge in [0, 0.05) is 17.7 Å². The molecule has 0 saturated heterocycles. The highest BCUT2D eigenvalue weighted by molar-refractivity contribution is 9.10. The summed E-state index contributed by atoms with van der Waals surface area (Å²) in [6.07, 6.45) is -0.869. The molecule has 0 saturated carbocycles. The number of nitrogens with zero attached hydrogens (tertiary/aromatic N) is 1. The number of hydrogen-bond acceptors (Lipinski definition) is 3. The van der Waals surface area contributed by atoms with Gasteiger partial charge in [0.05, 0.1) is 0 Å². The molecule has 0 amide bonds. The van der Waals surface area contributed by atoms with Crippen molar-refractivity contribution in [2.45, 2.75) is 12.7 Å². The van der Waals surface area contributed by atoms with Crippen LogP contribution in [0.2, 0.25) is 0 Å². The van der Waals surface area contributed by atoms with Gasteiger partial charge < -0.3 is 10.2 Å². The number of hydrogen-bond donors (Lipinski definition) is 2. The average Bonchev–Trinajstić information content (AvgIpc) is 2.29. The van der Waals surface area contributed by atoms with Gasteiger partial charge in [0.1, 0.15) is 4.60 Å². The predicted octanol–water partition coefficient (Wildman–Crippen LogP) is 2.42. The van der Waals surface area contributed by atoms with Crippen LogP contribution in [0, 0.1) is 0 Å². The molecule has 0 bridgehead atoms. The Labute approximate surface area is 108 Å². The molecule has 0 fully saturated rings. The minimum absolute atomic E-state index is 0.522. The summed E-state index contributed by atoms with van der Waals surface area (Å²) in [5, 5.41) is 18.5. The maximum Gasteiger partial charge on any atom is 0.178 e. The van der Waals surface area contributed by atoms with Gasteiger partial charge in [-0.3, -0.25) is 0 Å². The van der Waals surface area contributed by atoms with E-state index < -0.39 is 6.29 Å². The van der Waals surface area contributed by atoms with Crippen molar-refractivity contribution in [2.75, 3.05) is 0 Å². The molecule has 3 nitrogen and oxygen atoms in total. The third kappa shape index (κ3) is 3.12. The first-order valence-corrected chi connectivity index (χ1v) is 6.01. The third-order valence-corrected chi connectivity index (χ3v) is 2.92. The van der Waals surface area contributed by atoms with Crippen molar-refractivity contribution >= 4 is 15.9 Å². The maximum atomic E-state index is 9.26. The quantitative estimate of drug-likeness (QED) is 0.675. The Kier molecular flexibility index (Phi) is 3.89. The number of benzene rings is 1. The van der Waals surface area contributed by atoms with Gasteiger partial charge in [0.15, 0.2) is 6.29 Å². The number of rotatable bonds is 3. The molecule has 1 aromatic carbocycles. The summed E-state index contributed by atoms with van der Waals surface area (Å²) in [5.41, 5.74) is 2.27. The van der Waals surface area contributed by atoms with Crippen molar-refractivity contribution in [1.82, 2.24) is 4.98 Å². The van der Waals surface area contributed by atoms with Crippen LogP contribution in [0.25, 0.3) is 0 Å². The van der Waals surface area contributed by atoms with Gasteiger partial charge in [-0.05, 0) is 33.6 Å². The summed E-state index contributed by atoms with van der Waals surface area (Å²) in [6, 6.07) is 12.9. The highest BCUT2D eigenvalue weighted by Gasteiger charge is 2.09. The second kappa shape index (κ2) is 5.40. The largest absolute Gasteiger partial charge is 0.364 e. The highest BCUT2D eigenvalue weighted by atomic mass is 79.9. The molecule has 2 N–H and O–H groups in total. The molecule has 0 aliphatic heterocycles. The molecule has 4 heteroatoms. The lowest BCUT2D eigenvalue weighted by Crippen LogP contribution is -2.02. The summed E-state index contributed by atoms with van der Waals surface area (Å²) in [7, 11) is 0. The Balaban J connectivity index is 2.30.